The Hall–Kier alpha value is -1.78. The summed E-state index contributed by atoms with van der Waals surface area (Å²) >= 11 is 0. The molecule has 0 unspecified atom stereocenters. The molecule has 0 amide bonds. The van der Waals surface area contributed by atoms with Gasteiger partial charge in [0.1, 0.15) is 0 Å². The molecule has 0 fully saturated rings. The van der Waals surface area contributed by atoms with Gasteiger partial charge in [-0.3, -0.25) is 0 Å². The van der Waals surface area contributed by atoms with E-state index >= 15 is 0 Å². The Morgan fingerprint density at radius 3 is 2.17 bits per heavy atom. The van der Waals surface area contributed by atoms with Crippen molar-refractivity contribution >= 4 is 0 Å². The van der Waals surface area contributed by atoms with Crippen molar-refractivity contribution in [2.75, 3.05) is 0 Å². The van der Waals surface area contributed by atoms with Crippen LogP contribution < -0.4 is 0 Å². The number of hydrogen-bond acceptors (Lipinski definition) is 2. The van der Waals surface area contributed by atoms with Crippen LogP contribution in [0.3, 0.4) is 0 Å². The summed E-state index contributed by atoms with van der Waals surface area (Å²) in [4.78, 5) is 0. The fraction of sp³-hybridized carbons (Fsp3) is 0.308. The molecular formula is C13H12F3NO. The third-order valence-corrected chi connectivity index (χ3v) is 2.66. The number of halogens is 3. The summed E-state index contributed by atoms with van der Waals surface area (Å²) in [5.41, 5.74) is 0.696. The molecule has 0 N–H and O–H groups in total. The van der Waals surface area contributed by atoms with Crippen molar-refractivity contribution in [3.05, 3.63) is 41.6 Å². The quantitative estimate of drug-likeness (QED) is 0.790. The number of nitrogens with zero attached hydrogens (tertiary/aromatic N) is 1. The van der Waals surface area contributed by atoms with Gasteiger partial charge in [0.25, 0.3) is 0 Å². The third-order valence-electron chi connectivity index (χ3n) is 2.66. The maximum Gasteiger partial charge on any atom is 0.436 e. The van der Waals surface area contributed by atoms with Crippen LogP contribution in [0.1, 0.15) is 31.0 Å². The van der Waals surface area contributed by atoms with Gasteiger partial charge in [-0.15, -0.1) is 0 Å². The van der Waals surface area contributed by atoms with Gasteiger partial charge in [0.15, 0.2) is 11.5 Å². The standard InChI is InChI=1S/C13H12F3NO/c1-8(2)9-3-5-10(6-4-9)11-7-12(17-18-11)13(14,15)16/h3-8H,1-2H3. The van der Waals surface area contributed by atoms with E-state index in [4.69, 9.17) is 4.52 Å². The zero-order valence-corrected chi connectivity index (χ0v) is 9.95. The second-order valence-corrected chi connectivity index (χ2v) is 4.35. The zero-order valence-electron chi connectivity index (χ0n) is 9.95. The summed E-state index contributed by atoms with van der Waals surface area (Å²) in [7, 11) is 0. The van der Waals surface area contributed by atoms with Crippen LogP contribution >= 0.6 is 0 Å². The minimum Gasteiger partial charge on any atom is -0.356 e. The van der Waals surface area contributed by atoms with Gasteiger partial charge in [-0.25, -0.2) is 0 Å². The molecule has 0 saturated heterocycles. The molecule has 0 spiro atoms. The minimum atomic E-state index is -4.47. The van der Waals surface area contributed by atoms with E-state index in [0.717, 1.165) is 11.6 Å². The van der Waals surface area contributed by atoms with Gasteiger partial charge in [-0.1, -0.05) is 43.3 Å². The van der Waals surface area contributed by atoms with Crippen LogP contribution in [0.2, 0.25) is 0 Å². The summed E-state index contributed by atoms with van der Waals surface area (Å²) in [6.07, 6.45) is -4.47. The van der Waals surface area contributed by atoms with E-state index in [-0.39, 0.29) is 5.76 Å². The predicted molar refractivity (Wildman–Crippen MR) is 61.0 cm³/mol. The summed E-state index contributed by atoms with van der Waals surface area (Å²) in [6, 6.07) is 8.11. The molecule has 0 aliphatic rings. The number of benzene rings is 1. The highest BCUT2D eigenvalue weighted by Crippen LogP contribution is 2.31. The van der Waals surface area contributed by atoms with Crippen molar-refractivity contribution in [2.45, 2.75) is 25.9 Å². The molecule has 0 atom stereocenters. The van der Waals surface area contributed by atoms with E-state index in [1.165, 1.54) is 0 Å². The molecule has 0 bridgehead atoms. The third kappa shape index (κ3) is 2.55. The molecule has 0 aliphatic heterocycles. The number of alkyl halides is 3. The highest BCUT2D eigenvalue weighted by molar-refractivity contribution is 5.58. The lowest BCUT2D eigenvalue weighted by molar-refractivity contribution is -0.142. The lowest BCUT2D eigenvalue weighted by Gasteiger charge is -2.04. The molecule has 2 nitrogen and oxygen atoms in total. The predicted octanol–water partition coefficient (Wildman–Crippen LogP) is 4.48. The first-order valence-electron chi connectivity index (χ1n) is 5.52. The molecule has 1 heterocycles. The van der Waals surface area contributed by atoms with Crippen LogP contribution in [-0.2, 0) is 6.18 Å². The maximum absolute atomic E-state index is 12.4. The Kier molecular flexibility index (Phi) is 3.15. The molecule has 1 aromatic heterocycles. The van der Waals surface area contributed by atoms with Crippen LogP contribution in [0.15, 0.2) is 34.9 Å². The van der Waals surface area contributed by atoms with E-state index in [1.807, 2.05) is 26.0 Å². The molecule has 0 saturated carbocycles. The second kappa shape index (κ2) is 4.48. The first kappa shape index (κ1) is 12.7. The Labute approximate surface area is 102 Å². The summed E-state index contributed by atoms with van der Waals surface area (Å²) in [5, 5.41) is 3.02. The number of hydrogen-bond donors (Lipinski definition) is 0. The Balaban J connectivity index is 2.29. The first-order chi connectivity index (χ1) is 8.38. The SMILES string of the molecule is CC(C)c1ccc(-c2cc(C(F)(F)F)no2)cc1. The van der Waals surface area contributed by atoms with E-state index in [2.05, 4.69) is 5.16 Å². The fourth-order valence-corrected chi connectivity index (χ4v) is 1.58. The monoisotopic (exact) mass is 255 g/mol. The van der Waals surface area contributed by atoms with E-state index in [9.17, 15) is 13.2 Å². The Morgan fingerprint density at radius 1 is 1.11 bits per heavy atom. The van der Waals surface area contributed by atoms with Crippen molar-refractivity contribution < 1.29 is 17.7 Å². The molecule has 0 radical (unpaired) electrons. The first-order valence-corrected chi connectivity index (χ1v) is 5.52. The van der Waals surface area contributed by atoms with Crippen molar-refractivity contribution in [1.29, 1.82) is 0 Å². The second-order valence-electron chi connectivity index (χ2n) is 4.35. The van der Waals surface area contributed by atoms with Crippen LogP contribution in [0.4, 0.5) is 13.2 Å². The summed E-state index contributed by atoms with van der Waals surface area (Å²) in [5.74, 6) is 0.497. The van der Waals surface area contributed by atoms with E-state index in [0.29, 0.717) is 11.5 Å². The van der Waals surface area contributed by atoms with Crippen LogP contribution in [-0.4, -0.2) is 5.16 Å². The Bertz CT molecular complexity index is 526. The number of aromatic nitrogens is 1. The molecular weight excluding hydrogens is 243 g/mol. The van der Waals surface area contributed by atoms with Crippen LogP contribution in [0.25, 0.3) is 11.3 Å². The molecule has 5 heteroatoms. The average Bonchev–Trinajstić information content (AvgIpc) is 2.78. The largest absolute Gasteiger partial charge is 0.436 e. The van der Waals surface area contributed by atoms with Gasteiger partial charge in [0, 0.05) is 11.6 Å². The van der Waals surface area contributed by atoms with Gasteiger partial charge >= 0.3 is 6.18 Å². The normalized spacial score (nSPS) is 12.1. The van der Waals surface area contributed by atoms with Gasteiger partial charge in [0.2, 0.25) is 0 Å². The van der Waals surface area contributed by atoms with Crippen molar-refractivity contribution in [2.24, 2.45) is 0 Å². The van der Waals surface area contributed by atoms with Gasteiger partial charge in [-0.2, -0.15) is 13.2 Å². The molecule has 96 valence electrons. The average molecular weight is 255 g/mol. The minimum absolute atomic E-state index is 0.123. The van der Waals surface area contributed by atoms with E-state index < -0.39 is 11.9 Å². The highest BCUT2D eigenvalue weighted by atomic mass is 19.4. The van der Waals surface area contributed by atoms with Crippen molar-refractivity contribution in [1.82, 2.24) is 5.16 Å². The molecule has 0 aliphatic carbocycles. The van der Waals surface area contributed by atoms with Crippen LogP contribution in [0, 0.1) is 0 Å². The Morgan fingerprint density at radius 2 is 1.72 bits per heavy atom. The van der Waals surface area contributed by atoms with E-state index in [1.54, 1.807) is 12.1 Å². The smallest absolute Gasteiger partial charge is 0.356 e. The fourth-order valence-electron chi connectivity index (χ4n) is 1.58. The topological polar surface area (TPSA) is 26.0 Å². The molecule has 18 heavy (non-hydrogen) atoms. The van der Waals surface area contributed by atoms with Crippen molar-refractivity contribution in [3.8, 4) is 11.3 Å². The molecule has 2 aromatic rings. The highest BCUT2D eigenvalue weighted by Gasteiger charge is 2.35. The lowest BCUT2D eigenvalue weighted by Crippen LogP contribution is -2.04. The molecule has 1 aromatic carbocycles. The van der Waals surface area contributed by atoms with Crippen molar-refractivity contribution in [3.63, 3.8) is 0 Å². The molecule has 2 rings (SSSR count). The van der Waals surface area contributed by atoms with Gasteiger partial charge in [0.05, 0.1) is 0 Å². The summed E-state index contributed by atoms with van der Waals surface area (Å²) in [6.45, 7) is 4.09. The van der Waals surface area contributed by atoms with Crippen LogP contribution in [0.5, 0.6) is 0 Å². The van der Waals surface area contributed by atoms with Gasteiger partial charge in [-0.05, 0) is 11.5 Å². The zero-order chi connectivity index (χ0) is 13.3. The number of rotatable bonds is 2. The van der Waals surface area contributed by atoms with Gasteiger partial charge < -0.3 is 4.52 Å². The lowest BCUT2D eigenvalue weighted by atomic mass is 10.0. The summed E-state index contributed by atoms with van der Waals surface area (Å²) < 4.78 is 41.8. The maximum atomic E-state index is 12.4.